The molecule has 1 aromatic carbocycles. The van der Waals surface area contributed by atoms with Crippen LogP contribution in [0.2, 0.25) is 0 Å². The number of hydrogen-bond acceptors (Lipinski definition) is 6. The number of amides is 1. The fourth-order valence-electron chi connectivity index (χ4n) is 3.76. The Morgan fingerprint density at radius 2 is 1.94 bits per heavy atom. The smallest absolute Gasteiger partial charge is 0.341 e. The van der Waals surface area contributed by atoms with Crippen molar-refractivity contribution in [3.63, 3.8) is 0 Å². The Kier molecular flexibility index (Phi) is 6.59. The van der Waals surface area contributed by atoms with Crippen LogP contribution < -0.4 is 5.32 Å². The molecule has 1 aromatic heterocycles. The van der Waals surface area contributed by atoms with Gasteiger partial charge < -0.3 is 10.1 Å². The number of anilines is 1. The topological polar surface area (TPSA) is 98.5 Å². The van der Waals surface area contributed by atoms with Gasteiger partial charge in [0.25, 0.3) is 5.69 Å². The largest absolute Gasteiger partial charge is 0.465 e. The van der Waals surface area contributed by atoms with Crippen molar-refractivity contribution in [3.05, 3.63) is 62.0 Å². The van der Waals surface area contributed by atoms with Gasteiger partial charge in [0.15, 0.2) is 0 Å². The van der Waals surface area contributed by atoms with Gasteiger partial charge in [0.05, 0.1) is 17.6 Å². The molecule has 0 fully saturated rings. The first-order chi connectivity index (χ1) is 14.6. The number of nitro benzene ring substituents is 1. The van der Waals surface area contributed by atoms with Crippen LogP contribution in [-0.4, -0.2) is 23.9 Å². The molecule has 1 N–H and O–H groups in total. The van der Waals surface area contributed by atoms with Gasteiger partial charge in [0.1, 0.15) is 5.00 Å². The summed E-state index contributed by atoms with van der Waals surface area (Å²) in [5.41, 5.74) is 2.25. The van der Waals surface area contributed by atoms with Crippen LogP contribution in [0, 0.1) is 21.4 Å². The van der Waals surface area contributed by atoms with E-state index in [2.05, 4.69) is 26.1 Å². The number of nitro groups is 1. The maximum absolute atomic E-state index is 12.5. The van der Waals surface area contributed by atoms with Crippen molar-refractivity contribution < 1.29 is 19.2 Å². The molecule has 1 amide bonds. The zero-order chi connectivity index (χ0) is 22.8. The lowest BCUT2D eigenvalue weighted by Crippen LogP contribution is -2.26. The number of methoxy groups -OCH3 is 1. The van der Waals surface area contributed by atoms with Gasteiger partial charge in [-0.2, -0.15) is 0 Å². The van der Waals surface area contributed by atoms with E-state index in [4.69, 9.17) is 4.74 Å². The van der Waals surface area contributed by atoms with E-state index in [1.165, 1.54) is 36.7 Å². The quantitative estimate of drug-likeness (QED) is 0.295. The lowest BCUT2D eigenvalue weighted by molar-refractivity contribution is -0.384. The molecule has 1 heterocycles. The summed E-state index contributed by atoms with van der Waals surface area (Å²) in [5, 5.41) is 14.1. The Morgan fingerprint density at radius 3 is 2.52 bits per heavy atom. The fraction of sp³-hybridized carbons (Fsp3) is 0.391. The molecular formula is C23H26N2O5S. The molecule has 1 unspecified atom stereocenters. The summed E-state index contributed by atoms with van der Waals surface area (Å²) in [6, 6.07) is 5.90. The highest BCUT2D eigenvalue weighted by Gasteiger charge is 2.34. The third-order valence-electron chi connectivity index (χ3n) is 5.65. The van der Waals surface area contributed by atoms with E-state index in [1.807, 2.05) is 0 Å². The van der Waals surface area contributed by atoms with Gasteiger partial charge in [-0.25, -0.2) is 4.79 Å². The molecule has 0 bridgehead atoms. The second-order valence-electron chi connectivity index (χ2n) is 8.68. The standard InChI is InChI=1S/C23H26N2O5S/c1-23(2,3)15-8-11-17-18(13-15)31-21(20(17)22(27)30-4)24-19(26)12-7-14-5-9-16(10-6-14)25(28)29/h5-7,9-10,12,15H,8,11,13H2,1-4H3,(H,24,26)/b12-7+. The van der Waals surface area contributed by atoms with Gasteiger partial charge >= 0.3 is 5.97 Å². The SMILES string of the molecule is COC(=O)c1c(NC(=O)/C=C/c2ccc([N+](=O)[O-])cc2)sc2c1CCC(C(C)(C)C)C2. The van der Waals surface area contributed by atoms with Gasteiger partial charge in [-0.1, -0.05) is 20.8 Å². The number of fused-ring (bicyclic) bond motifs is 1. The van der Waals surface area contributed by atoms with E-state index < -0.39 is 10.9 Å². The van der Waals surface area contributed by atoms with E-state index in [9.17, 15) is 19.7 Å². The Bertz CT molecular complexity index is 1030. The predicted molar refractivity (Wildman–Crippen MR) is 121 cm³/mol. The number of thiophene rings is 1. The summed E-state index contributed by atoms with van der Waals surface area (Å²) in [6.45, 7) is 6.68. The fourth-order valence-corrected chi connectivity index (χ4v) is 5.08. The molecule has 164 valence electrons. The molecule has 1 aliphatic rings. The minimum absolute atomic E-state index is 0.0120. The van der Waals surface area contributed by atoms with Crippen molar-refractivity contribution in [1.29, 1.82) is 0 Å². The monoisotopic (exact) mass is 442 g/mol. The average molecular weight is 443 g/mol. The van der Waals surface area contributed by atoms with Crippen molar-refractivity contribution >= 4 is 40.0 Å². The summed E-state index contributed by atoms with van der Waals surface area (Å²) in [7, 11) is 1.34. The number of ether oxygens (including phenoxy) is 1. The molecule has 1 atom stereocenters. The van der Waals surface area contributed by atoms with Crippen molar-refractivity contribution in [2.45, 2.75) is 40.0 Å². The number of esters is 1. The third kappa shape index (κ3) is 5.19. The highest BCUT2D eigenvalue weighted by Crippen LogP contribution is 2.44. The summed E-state index contributed by atoms with van der Waals surface area (Å²) in [6.07, 6.45) is 5.57. The molecular weight excluding hydrogens is 416 g/mol. The summed E-state index contributed by atoms with van der Waals surface area (Å²) in [5.74, 6) is -0.314. The van der Waals surface area contributed by atoms with Crippen LogP contribution in [0.1, 0.15) is 53.6 Å². The Morgan fingerprint density at radius 1 is 1.26 bits per heavy atom. The lowest BCUT2D eigenvalue weighted by atomic mass is 9.72. The summed E-state index contributed by atoms with van der Waals surface area (Å²) < 4.78 is 4.98. The molecule has 2 aromatic rings. The van der Waals surface area contributed by atoms with E-state index in [-0.39, 0.29) is 17.0 Å². The Labute approximate surface area is 185 Å². The van der Waals surface area contributed by atoms with Crippen molar-refractivity contribution in [2.75, 3.05) is 12.4 Å². The lowest BCUT2D eigenvalue weighted by Gasteiger charge is -2.33. The molecule has 0 saturated heterocycles. The van der Waals surface area contributed by atoms with Crippen molar-refractivity contribution in [1.82, 2.24) is 0 Å². The third-order valence-corrected chi connectivity index (χ3v) is 6.82. The number of non-ortho nitro benzene ring substituents is 1. The molecule has 0 radical (unpaired) electrons. The summed E-state index contributed by atoms with van der Waals surface area (Å²) in [4.78, 5) is 36.4. The number of nitrogens with zero attached hydrogens (tertiary/aromatic N) is 1. The maximum atomic E-state index is 12.5. The van der Waals surface area contributed by atoms with Crippen LogP contribution in [0.5, 0.6) is 0 Å². The van der Waals surface area contributed by atoms with Gasteiger partial charge in [0.2, 0.25) is 5.91 Å². The number of benzene rings is 1. The van der Waals surface area contributed by atoms with Crippen LogP contribution in [0.4, 0.5) is 10.7 Å². The zero-order valence-electron chi connectivity index (χ0n) is 18.1. The number of rotatable bonds is 5. The van der Waals surface area contributed by atoms with Crippen LogP contribution in [0.3, 0.4) is 0 Å². The molecule has 31 heavy (non-hydrogen) atoms. The van der Waals surface area contributed by atoms with Crippen LogP contribution in [-0.2, 0) is 22.4 Å². The molecule has 3 rings (SSSR count). The van der Waals surface area contributed by atoms with Crippen molar-refractivity contribution in [3.8, 4) is 0 Å². The molecule has 0 aliphatic heterocycles. The first kappa shape index (κ1) is 22.7. The molecule has 0 saturated carbocycles. The van der Waals surface area contributed by atoms with E-state index in [0.717, 1.165) is 29.7 Å². The molecule has 8 heteroatoms. The second-order valence-corrected chi connectivity index (χ2v) is 9.78. The van der Waals surface area contributed by atoms with Crippen molar-refractivity contribution in [2.24, 2.45) is 11.3 Å². The summed E-state index contributed by atoms with van der Waals surface area (Å²) >= 11 is 1.44. The molecule has 0 spiro atoms. The molecule has 7 nitrogen and oxygen atoms in total. The highest BCUT2D eigenvalue weighted by atomic mass is 32.1. The minimum Gasteiger partial charge on any atom is -0.465 e. The van der Waals surface area contributed by atoms with Crippen LogP contribution in [0.25, 0.3) is 6.08 Å². The van der Waals surface area contributed by atoms with Crippen LogP contribution in [0.15, 0.2) is 30.3 Å². The predicted octanol–water partition coefficient (Wildman–Crippen LogP) is 5.25. The van der Waals surface area contributed by atoms with Gasteiger partial charge in [-0.3, -0.25) is 14.9 Å². The highest BCUT2D eigenvalue weighted by molar-refractivity contribution is 7.17. The van der Waals surface area contributed by atoms with Gasteiger partial charge in [-0.05, 0) is 59.9 Å². The first-order valence-electron chi connectivity index (χ1n) is 10.1. The first-order valence-corrected chi connectivity index (χ1v) is 10.9. The number of nitrogens with one attached hydrogen (secondary N) is 1. The van der Waals surface area contributed by atoms with Gasteiger partial charge in [-0.15, -0.1) is 11.3 Å². The Hall–Kier alpha value is -3.00. The second kappa shape index (κ2) is 9.01. The zero-order valence-corrected chi connectivity index (χ0v) is 18.9. The van der Waals surface area contributed by atoms with Crippen LogP contribution >= 0.6 is 11.3 Å². The number of hydrogen-bond donors (Lipinski definition) is 1. The number of carbonyl (C=O) groups is 2. The number of carbonyl (C=O) groups excluding carboxylic acids is 2. The van der Waals surface area contributed by atoms with Gasteiger partial charge in [0, 0.05) is 23.1 Å². The normalized spacial score (nSPS) is 16.1. The maximum Gasteiger partial charge on any atom is 0.341 e. The van der Waals surface area contributed by atoms with E-state index >= 15 is 0 Å². The average Bonchev–Trinajstić information content (AvgIpc) is 3.08. The van der Waals surface area contributed by atoms with E-state index in [1.54, 1.807) is 18.2 Å². The Balaban J connectivity index is 1.80. The molecule has 1 aliphatic carbocycles. The minimum atomic E-state index is -0.475. The van der Waals surface area contributed by atoms with E-state index in [0.29, 0.717) is 22.0 Å².